The van der Waals surface area contributed by atoms with Crippen molar-refractivity contribution in [2.45, 2.75) is 72.3 Å². The molecule has 1 aliphatic carbocycles. The summed E-state index contributed by atoms with van der Waals surface area (Å²) in [5.74, 6) is 0.664. The molecule has 2 aliphatic rings. The zero-order valence-corrected chi connectivity index (χ0v) is 19.3. The van der Waals surface area contributed by atoms with Crippen molar-refractivity contribution in [3.63, 3.8) is 0 Å². The minimum atomic E-state index is -0.00408. The van der Waals surface area contributed by atoms with Gasteiger partial charge < -0.3 is 10.2 Å². The number of pyridine rings is 1. The van der Waals surface area contributed by atoms with E-state index in [1.54, 1.807) is 0 Å². The van der Waals surface area contributed by atoms with E-state index in [1.807, 2.05) is 11.0 Å². The van der Waals surface area contributed by atoms with Crippen LogP contribution >= 0.6 is 0 Å². The number of hydrogen-bond donors (Lipinski definition) is 1. The number of aromatic nitrogens is 1. The van der Waals surface area contributed by atoms with E-state index in [1.165, 1.54) is 0 Å². The number of benzene rings is 1. The molecule has 2 heterocycles. The Hall–Kier alpha value is -2.43. The van der Waals surface area contributed by atoms with Crippen LogP contribution in [-0.2, 0) is 17.6 Å². The minimum absolute atomic E-state index is 0.00408. The maximum atomic E-state index is 13.7. The van der Waals surface area contributed by atoms with Crippen molar-refractivity contribution >= 4 is 22.7 Å². The SMILES string of the molecule is Cc1ccc2nc3c(c(C(=O)N4CCC(C(=O)NC(C)C(C)C)CC4)c2c1)CCCC3. The molecule has 1 atom stereocenters. The molecule has 0 radical (unpaired) electrons. The largest absolute Gasteiger partial charge is 0.353 e. The van der Waals surface area contributed by atoms with Gasteiger partial charge in [-0.2, -0.15) is 0 Å². The van der Waals surface area contributed by atoms with Crippen LogP contribution < -0.4 is 5.32 Å². The number of likely N-dealkylation sites (tertiary alicyclic amines) is 1. The molecule has 2 aromatic rings. The lowest BCUT2D eigenvalue weighted by molar-refractivity contribution is -0.127. The molecule has 0 saturated carbocycles. The van der Waals surface area contributed by atoms with Crippen molar-refractivity contribution in [1.29, 1.82) is 0 Å². The number of amides is 2. The molecule has 1 N–H and O–H groups in total. The standard InChI is InChI=1S/C26H35N3O2/c1-16(2)18(4)27-25(30)19-11-13-29(14-12-19)26(31)24-20-7-5-6-8-22(20)28-23-10-9-17(3)15-21(23)24/h9-10,15-16,18-19H,5-8,11-14H2,1-4H3,(H,27,30). The maximum Gasteiger partial charge on any atom is 0.254 e. The fourth-order valence-corrected chi connectivity index (χ4v) is 4.79. The van der Waals surface area contributed by atoms with Crippen LogP contribution in [0, 0.1) is 18.8 Å². The molecular weight excluding hydrogens is 386 g/mol. The first-order valence-corrected chi connectivity index (χ1v) is 11.9. The predicted octanol–water partition coefficient (Wildman–Crippen LogP) is 4.43. The number of hydrogen-bond acceptors (Lipinski definition) is 3. The van der Waals surface area contributed by atoms with Crippen LogP contribution in [0.15, 0.2) is 18.2 Å². The molecule has 1 fully saturated rings. The zero-order valence-electron chi connectivity index (χ0n) is 19.3. The number of nitrogens with one attached hydrogen (secondary N) is 1. The molecular formula is C26H35N3O2. The summed E-state index contributed by atoms with van der Waals surface area (Å²) in [7, 11) is 0. The van der Waals surface area contributed by atoms with Crippen LogP contribution in [0.5, 0.6) is 0 Å². The van der Waals surface area contributed by atoms with Crippen LogP contribution in [0.25, 0.3) is 10.9 Å². The number of carbonyl (C=O) groups excluding carboxylic acids is 2. The Morgan fingerprint density at radius 1 is 1.10 bits per heavy atom. The quantitative estimate of drug-likeness (QED) is 0.794. The first-order chi connectivity index (χ1) is 14.8. The summed E-state index contributed by atoms with van der Waals surface area (Å²) < 4.78 is 0. The summed E-state index contributed by atoms with van der Waals surface area (Å²) in [4.78, 5) is 33.2. The van der Waals surface area contributed by atoms with E-state index in [2.05, 4.69) is 45.1 Å². The van der Waals surface area contributed by atoms with E-state index in [0.717, 1.165) is 71.8 Å². The molecule has 5 nitrogen and oxygen atoms in total. The van der Waals surface area contributed by atoms with E-state index >= 15 is 0 Å². The topological polar surface area (TPSA) is 62.3 Å². The Morgan fingerprint density at radius 3 is 2.52 bits per heavy atom. The van der Waals surface area contributed by atoms with Gasteiger partial charge in [-0.15, -0.1) is 0 Å². The molecule has 1 saturated heterocycles. The molecule has 4 rings (SSSR count). The third-order valence-electron chi connectivity index (χ3n) is 7.15. The van der Waals surface area contributed by atoms with Gasteiger partial charge in [0.05, 0.1) is 11.1 Å². The minimum Gasteiger partial charge on any atom is -0.353 e. The van der Waals surface area contributed by atoms with Gasteiger partial charge in [-0.3, -0.25) is 14.6 Å². The van der Waals surface area contributed by atoms with Crippen molar-refractivity contribution in [2.75, 3.05) is 13.1 Å². The van der Waals surface area contributed by atoms with Gasteiger partial charge in [-0.1, -0.05) is 25.5 Å². The van der Waals surface area contributed by atoms with Gasteiger partial charge in [-0.05, 0) is 76.0 Å². The lowest BCUT2D eigenvalue weighted by atomic mass is 9.88. The van der Waals surface area contributed by atoms with Gasteiger partial charge >= 0.3 is 0 Å². The highest BCUT2D eigenvalue weighted by Crippen LogP contribution is 2.32. The van der Waals surface area contributed by atoms with Crippen LogP contribution in [0.2, 0.25) is 0 Å². The summed E-state index contributed by atoms with van der Waals surface area (Å²) in [6.45, 7) is 9.63. The third-order valence-corrected chi connectivity index (χ3v) is 7.15. The van der Waals surface area contributed by atoms with Gasteiger partial charge in [0.2, 0.25) is 5.91 Å². The first kappa shape index (κ1) is 21.8. The fourth-order valence-electron chi connectivity index (χ4n) is 4.79. The fraction of sp³-hybridized carbons (Fsp3) is 0.577. The number of aryl methyl sites for hydroxylation is 2. The molecule has 5 heteroatoms. The van der Waals surface area contributed by atoms with Gasteiger partial charge in [0.15, 0.2) is 0 Å². The molecule has 166 valence electrons. The smallest absolute Gasteiger partial charge is 0.254 e. The normalized spacial score (nSPS) is 18.2. The number of piperidine rings is 1. The van der Waals surface area contributed by atoms with E-state index in [-0.39, 0.29) is 23.8 Å². The highest BCUT2D eigenvalue weighted by atomic mass is 16.2. The zero-order chi connectivity index (χ0) is 22.1. The van der Waals surface area contributed by atoms with Gasteiger partial charge in [0.1, 0.15) is 0 Å². The van der Waals surface area contributed by atoms with E-state index in [4.69, 9.17) is 4.98 Å². The molecule has 2 amide bonds. The Kier molecular flexibility index (Phi) is 6.31. The highest BCUT2D eigenvalue weighted by Gasteiger charge is 2.31. The number of fused-ring (bicyclic) bond motifs is 2. The molecule has 1 unspecified atom stereocenters. The molecule has 31 heavy (non-hydrogen) atoms. The number of nitrogens with zero attached hydrogens (tertiary/aromatic N) is 2. The Balaban J connectivity index is 1.56. The summed E-state index contributed by atoms with van der Waals surface area (Å²) in [5.41, 5.74) is 5.18. The van der Waals surface area contributed by atoms with Crippen molar-refractivity contribution in [3.8, 4) is 0 Å². The number of carbonyl (C=O) groups is 2. The molecule has 1 aliphatic heterocycles. The average molecular weight is 422 g/mol. The summed E-state index contributed by atoms with van der Waals surface area (Å²) in [5, 5.41) is 4.13. The summed E-state index contributed by atoms with van der Waals surface area (Å²) >= 11 is 0. The molecule has 1 aromatic carbocycles. The average Bonchev–Trinajstić information content (AvgIpc) is 2.77. The maximum absolute atomic E-state index is 13.7. The second-order valence-corrected chi connectivity index (χ2v) is 9.75. The van der Waals surface area contributed by atoms with Crippen LogP contribution in [-0.4, -0.2) is 40.8 Å². The summed E-state index contributed by atoms with van der Waals surface area (Å²) in [6, 6.07) is 6.40. The van der Waals surface area contributed by atoms with Crippen molar-refractivity contribution < 1.29 is 9.59 Å². The second kappa shape index (κ2) is 8.97. The lowest BCUT2D eigenvalue weighted by Crippen LogP contribution is -2.46. The van der Waals surface area contributed by atoms with Crippen LogP contribution in [0.3, 0.4) is 0 Å². The van der Waals surface area contributed by atoms with Gasteiger partial charge in [-0.25, -0.2) is 0 Å². The van der Waals surface area contributed by atoms with Gasteiger partial charge in [0.25, 0.3) is 5.91 Å². The first-order valence-electron chi connectivity index (χ1n) is 11.9. The Labute approximate surface area is 185 Å². The predicted molar refractivity (Wildman–Crippen MR) is 124 cm³/mol. The van der Waals surface area contributed by atoms with Crippen molar-refractivity contribution in [2.24, 2.45) is 11.8 Å². The molecule has 0 bridgehead atoms. The number of rotatable bonds is 4. The van der Waals surface area contributed by atoms with Crippen LogP contribution in [0.4, 0.5) is 0 Å². The van der Waals surface area contributed by atoms with E-state index in [9.17, 15) is 9.59 Å². The monoisotopic (exact) mass is 421 g/mol. The Bertz CT molecular complexity index is 990. The Morgan fingerprint density at radius 2 is 1.81 bits per heavy atom. The summed E-state index contributed by atoms with van der Waals surface area (Å²) in [6.07, 6.45) is 5.59. The van der Waals surface area contributed by atoms with E-state index < -0.39 is 0 Å². The van der Waals surface area contributed by atoms with Crippen molar-refractivity contribution in [1.82, 2.24) is 15.2 Å². The van der Waals surface area contributed by atoms with Crippen molar-refractivity contribution in [3.05, 3.63) is 40.6 Å². The lowest BCUT2D eigenvalue weighted by Gasteiger charge is -2.33. The van der Waals surface area contributed by atoms with Crippen LogP contribution in [0.1, 0.15) is 73.6 Å². The third kappa shape index (κ3) is 4.46. The van der Waals surface area contributed by atoms with Gasteiger partial charge in [0, 0.05) is 36.1 Å². The molecule has 1 aromatic heterocycles. The second-order valence-electron chi connectivity index (χ2n) is 9.75. The van der Waals surface area contributed by atoms with E-state index in [0.29, 0.717) is 19.0 Å². The molecule has 0 spiro atoms. The highest BCUT2D eigenvalue weighted by molar-refractivity contribution is 6.08.